The van der Waals surface area contributed by atoms with E-state index in [0.717, 1.165) is 10.3 Å². The summed E-state index contributed by atoms with van der Waals surface area (Å²) in [5.74, 6) is -0.181. The summed E-state index contributed by atoms with van der Waals surface area (Å²) in [7, 11) is 0. The number of halogens is 2. The van der Waals surface area contributed by atoms with Crippen LogP contribution in [0.25, 0.3) is 0 Å². The van der Waals surface area contributed by atoms with Gasteiger partial charge in [-0.15, -0.1) is 0 Å². The molecule has 0 unspecified atom stereocenters. The van der Waals surface area contributed by atoms with Gasteiger partial charge in [0.15, 0.2) is 0 Å². The molecule has 1 N–H and O–H groups in total. The summed E-state index contributed by atoms with van der Waals surface area (Å²) in [6.45, 7) is 2.55. The molecule has 4 heteroatoms. The lowest BCUT2D eigenvalue weighted by atomic mass is 10.1. The lowest BCUT2D eigenvalue weighted by Crippen LogP contribution is -2.19. The second kappa shape index (κ2) is 6.07. The summed E-state index contributed by atoms with van der Waals surface area (Å²) in [5.41, 5.74) is 1.60. The maximum atomic E-state index is 13.6. The summed E-state index contributed by atoms with van der Waals surface area (Å²) < 4.78 is 14.4. The SMILES string of the molecule is C[C@@H](NCc1cccc(Br)n1)c1ccccc1F. The van der Waals surface area contributed by atoms with E-state index in [0.29, 0.717) is 12.1 Å². The summed E-state index contributed by atoms with van der Waals surface area (Å²) in [6, 6.07) is 12.5. The molecule has 2 rings (SSSR count). The minimum atomic E-state index is -0.181. The molecule has 0 aliphatic rings. The van der Waals surface area contributed by atoms with Crippen molar-refractivity contribution in [2.75, 3.05) is 0 Å². The van der Waals surface area contributed by atoms with Crippen molar-refractivity contribution in [3.8, 4) is 0 Å². The van der Waals surface area contributed by atoms with Crippen molar-refractivity contribution in [2.24, 2.45) is 0 Å². The van der Waals surface area contributed by atoms with E-state index < -0.39 is 0 Å². The molecule has 0 spiro atoms. The van der Waals surface area contributed by atoms with E-state index in [-0.39, 0.29) is 11.9 Å². The van der Waals surface area contributed by atoms with Gasteiger partial charge in [-0.3, -0.25) is 0 Å². The van der Waals surface area contributed by atoms with E-state index in [9.17, 15) is 4.39 Å². The van der Waals surface area contributed by atoms with Gasteiger partial charge in [-0.25, -0.2) is 9.37 Å². The summed E-state index contributed by atoms with van der Waals surface area (Å²) in [4.78, 5) is 4.32. The van der Waals surface area contributed by atoms with E-state index in [1.165, 1.54) is 6.07 Å². The lowest BCUT2D eigenvalue weighted by molar-refractivity contribution is 0.524. The number of pyridine rings is 1. The fourth-order valence-electron chi connectivity index (χ4n) is 1.74. The van der Waals surface area contributed by atoms with Gasteiger partial charge < -0.3 is 5.32 Å². The molecule has 1 atom stereocenters. The van der Waals surface area contributed by atoms with E-state index >= 15 is 0 Å². The predicted molar refractivity (Wildman–Crippen MR) is 73.6 cm³/mol. The van der Waals surface area contributed by atoms with Gasteiger partial charge in [0, 0.05) is 18.2 Å². The Labute approximate surface area is 114 Å². The van der Waals surface area contributed by atoms with Gasteiger partial charge in [0.1, 0.15) is 10.4 Å². The monoisotopic (exact) mass is 308 g/mol. The Morgan fingerprint density at radius 1 is 1.22 bits per heavy atom. The van der Waals surface area contributed by atoms with Crippen LogP contribution in [0.2, 0.25) is 0 Å². The van der Waals surface area contributed by atoms with Crippen LogP contribution in [-0.2, 0) is 6.54 Å². The fourth-order valence-corrected chi connectivity index (χ4v) is 2.12. The Kier molecular flexibility index (Phi) is 4.44. The molecular formula is C14H14BrFN2. The van der Waals surface area contributed by atoms with Gasteiger partial charge in [-0.05, 0) is 41.1 Å². The number of rotatable bonds is 4. The quantitative estimate of drug-likeness (QED) is 0.868. The van der Waals surface area contributed by atoms with Crippen molar-refractivity contribution < 1.29 is 4.39 Å². The Morgan fingerprint density at radius 3 is 2.72 bits per heavy atom. The largest absolute Gasteiger partial charge is 0.304 e. The normalized spacial score (nSPS) is 12.4. The highest BCUT2D eigenvalue weighted by Gasteiger charge is 2.09. The summed E-state index contributed by atoms with van der Waals surface area (Å²) in [5, 5.41) is 3.26. The molecule has 0 bridgehead atoms. The number of aromatic nitrogens is 1. The van der Waals surface area contributed by atoms with Gasteiger partial charge in [0.05, 0.1) is 5.69 Å². The molecule has 94 valence electrons. The second-order valence-corrected chi connectivity index (χ2v) is 4.89. The topological polar surface area (TPSA) is 24.9 Å². The standard InChI is InChI=1S/C14H14BrFN2/c1-10(12-6-2-3-7-13(12)16)17-9-11-5-4-8-14(15)18-11/h2-8,10,17H,9H2,1H3/t10-/m1/s1. The Morgan fingerprint density at radius 2 is 2.00 bits per heavy atom. The van der Waals surface area contributed by atoms with Crippen molar-refractivity contribution >= 4 is 15.9 Å². The van der Waals surface area contributed by atoms with E-state index in [1.807, 2.05) is 31.2 Å². The molecule has 0 saturated carbocycles. The number of nitrogens with one attached hydrogen (secondary N) is 1. The second-order valence-electron chi connectivity index (χ2n) is 4.08. The van der Waals surface area contributed by atoms with Gasteiger partial charge in [-0.1, -0.05) is 24.3 Å². The smallest absolute Gasteiger partial charge is 0.127 e. The first kappa shape index (κ1) is 13.2. The highest BCUT2D eigenvalue weighted by Crippen LogP contribution is 2.16. The van der Waals surface area contributed by atoms with Crippen LogP contribution in [0.1, 0.15) is 24.2 Å². The zero-order chi connectivity index (χ0) is 13.0. The van der Waals surface area contributed by atoms with Crippen molar-refractivity contribution in [3.05, 3.63) is 64.1 Å². The van der Waals surface area contributed by atoms with Crippen LogP contribution in [0.5, 0.6) is 0 Å². The van der Waals surface area contributed by atoms with Crippen molar-refractivity contribution in [2.45, 2.75) is 19.5 Å². The van der Waals surface area contributed by atoms with Crippen LogP contribution in [0.15, 0.2) is 47.1 Å². The summed E-state index contributed by atoms with van der Waals surface area (Å²) in [6.07, 6.45) is 0. The molecule has 18 heavy (non-hydrogen) atoms. The van der Waals surface area contributed by atoms with Gasteiger partial charge in [0.25, 0.3) is 0 Å². The van der Waals surface area contributed by atoms with E-state index in [4.69, 9.17) is 0 Å². The molecule has 0 radical (unpaired) electrons. The molecule has 1 aromatic carbocycles. The van der Waals surface area contributed by atoms with Gasteiger partial charge in [0.2, 0.25) is 0 Å². The maximum absolute atomic E-state index is 13.6. The maximum Gasteiger partial charge on any atom is 0.127 e. The van der Waals surface area contributed by atoms with Crippen LogP contribution < -0.4 is 5.32 Å². The molecule has 0 aliphatic heterocycles. The van der Waals surface area contributed by atoms with Crippen molar-refractivity contribution in [1.82, 2.24) is 10.3 Å². The molecule has 0 fully saturated rings. The predicted octanol–water partition coefficient (Wildman–Crippen LogP) is 3.83. The highest BCUT2D eigenvalue weighted by molar-refractivity contribution is 9.10. The average molecular weight is 309 g/mol. The van der Waals surface area contributed by atoms with Crippen LogP contribution in [0, 0.1) is 5.82 Å². The summed E-state index contributed by atoms with van der Waals surface area (Å²) >= 11 is 3.33. The van der Waals surface area contributed by atoms with Gasteiger partial charge in [-0.2, -0.15) is 0 Å². The van der Waals surface area contributed by atoms with Crippen molar-refractivity contribution in [3.63, 3.8) is 0 Å². The Bertz CT molecular complexity index is 531. The first-order chi connectivity index (χ1) is 8.66. The zero-order valence-electron chi connectivity index (χ0n) is 10.0. The number of hydrogen-bond acceptors (Lipinski definition) is 2. The first-order valence-electron chi connectivity index (χ1n) is 5.76. The van der Waals surface area contributed by atoms with Crippen LogP contribution in [0.4, 0.5) is 4.39 Å². The molecule has 0 saturated heterocycles. The molecule has 1 aromatic heterocycles. The lowest BCUT2D eigenvalue weighted by Gasteiger charge is -2.14. The van der Waals surface area contributed by atoms with E-state index in [1.54, 1.807) is 12.1 Å². The first-order valence-corrected chi connectivity index (χ1v) is 6.55. The third-order valence-electron chi connectivity index (χ3n) is 2.73. The molecule has 1 heterocycles. The third kappa shape index (κ3) is 3.37. The fraction of sp³-hybridized carbons (Fsp3) is 0.214. The zero-order valence-corrected chi connectivity index (χ0v) is 11.6. The van der Waals surface area contributed by atoms with Crippen LogP contribution in [0.3, 0.4) is 0 Å². The average Bonchev–Trinajstić information content (AvgIpc) is 2.37. The minimum Gasteiger partial charge on any atom is -0.304 e. The van der Waals surface area contributed by atoms with Crippen LogP contribution >= 0.6 is 15.9 Å². The number of benzene rings is 1. The van der Waals surface area contributed by atoms with Crippen LogP contribution in [-0.4, -0.2) is 4.98 Å². The minimum absolute atomic E-state index is 0.0491. The van der Waals surface area contributed by atoms with Crippen molar-refractivity contribution in [1.29, 1.82) is 0 Å². The van der Waals surface area contributed by atoms with E-state index in [2.05, 4.69) is 26.2 Å². The highest BCUT2D eigenvalue weighted by atomic mass is 79.9. The molecule has 0 amide bonds. The number of hydrogen-bond donors (Lipinski definition) is 1. The molecule has 2 nitrogen and oxygen atoms in total. The third-order valence-corrected chi connectivity index (χ3v) is 3.18. The molecule has 0 aliphatic carbocycles. The Hall–Kier alpha value is -1.26. The van der Waals surface area contributed by atoms with Gasteiger partial charge >= 0.3 is 0 Å². The Balaban J connectivity index is 2.00. The molecular weight excluding hydrogens is 295 g/mol. The number of nitrogens with zero attached hydrogens (tertiary/aromatic N) is 1. The molecule has 2 aromatic rings.